The van der Waals surface area contributed by atoms with Crippen molar-refractivity contribution in [2.75, 3.05) is 0 Å². The first-order valence-corrected chi connectivity index (χ1v) is 9.69. The summed E-state index contributed by atoms with van der Waals surface area (Å²) in [5, 5.41) is 3.69. The normalized spacial score (nSPS) is 22.8. The Morgan fingerprint density at radius 3 is 1.90 bits per heavy atom. The zero-order chi connectivity index (χ0) is 13.3. The first-order chi connectivity index (χ1) is 9.81. The minimum absolute atomic E-state index is 0.224. The number of thioether (sulfide) groups is 2. The second-order valence-electron chi connectivity index (χ2n) is 4.90. The Labute approximate surface area is 132 Å². The van der Waals surface area contributed by atoms with E-state index in [0.29, 0.717) is 10.5 Å². The SMILES string of the molecule is O=c1sc2c(s1)S[C@@H]1c3cccc4cccc(c34)[C@H]1S2. The molecule has 0 spiro atoms. The molecule has 0 bridgehead atoms. The van der Waals surface area contributed by atoms with Crippen molar-refractivity contribution < 1.29 is 0 Å². The zero-order valence-electron chi connectivity index (χ0n) is 10.2. The molecule has 0 saturated heterocycles. The van der Waals surface area contributed by atoms with Crippen molar-refractivity contribution in [3.05, 3.63) is 56.4 Å². The molecule has 0 fully saturated rings. The standard InChI is InChI=1S/C15H8OS4/c16-15-19-13-14(20-15)18-12-9-6-2-4-7-3-1-5-8(10(7)9)11(12)17-13/h1-6,11-12H/t11-,12-/m1/s1. The van der Waals surface area contributed by atoms with E-state index in [9.17, 15) is 4.79 Å². The van der Waals surface area contributed by atoms with Crippen LogP contribution in [0.25, 0.3) is 10.8 Å². The first-order valence-electron chi connectivity index (χ1n) is 6.30. The highest BCUT2D eigenvalue weighted by molar-refractivity contribution is 8.08. The Hall–Kier alpha value is -0.750. The molecular weight excluding hydrogens is 324 g/mol. The molecule has 1 nitrogen and oxygen atoms in total. The molecule has 2 aliphatic rings. The van der Waals surface area contributed by atoms with Crippen LogP contribution in [0.15, 0.2) is 49.6 Å². The smallest absolute Gasteiger partial charge is 0.265 e. The maximum absolute atomic E-state index is 11.6. The maximum atomic E-state index is 11.6. The number of benzene rings is 2. The third kappa shape index (κ3) is 1.49. The summed E-state index contributed by atoms with van der Waals surface area (Å²) >= 11 is 6.60. The average Bonchev–Trinajstić information content (AvgIpc) is 2.97. The van der Waals surface area contributed by atoms with Gasteiger partial charge in [0, 0.05) is 0 Å². The molecular formula is C15H8OS4. The molecule has 2 atom stereocenters. The maximum Gasteiger partial charge on any atom is 0.289 e. The zero-order valence-corrected chi connectivity index (χ0v) is 13.4. The van der Waals surface area contributed by atoms with Crippen LogP contribution in [0.3, 0.4) is 0 Å². The van der Waals surface area contributed by atoms with Crippen molar-refractivity contribution in [1.82, 2.24) is 0 Å². The van der Waals surface area contributed by atoms with E-state index in [1.54, 1.807) is 0 Å². The Kier molecular flexibility index (Phi) is 2.45. The minimum atomic E-state index is 0.224. The predicted molar refractivity (Wildman–Crippen MR) is 89.6 cm³/mol. The van der Waals surface area contributed by atoms with Gasteiger partial charge in [-0.1, -0.05) is 59.1 Å². The summed E-state index contributed by atoms with van der Waals surface area (Å²) in [7, 11) is 0. The molecule has 3 aromatic rings. The second-order valence-corrected chi connectivity index (χ2v) is 9.94. The van der Waals surface area contributed by atoms with E-state index in [4.69, 9.17) is 0 Å². The lowest BCUT2D eigenvalue weighted by atomic mass is 10.1. The Balaban J connectivity index is 1.78. The van der Waals surface area contributed by atoms with Gasteiger partial charge < -0.3 is 0 Å². The molecule has 5 heteroatoms. The number of hydrogen-bond acceptors (Lipinski definition) is 5. The van der Waals surface area contributed by atoms with E-state index in [-0.39, 0.29) is 4.06 Å². The van der Waals surface area contributed by atoms with Gasteiger partial charge in [0.05, 0.1) is 18.9 Å². The molecule has 0 amide bonds. The predicted octanol–water partition coefficient (Wildman–Crippen LogP) is 5.32. The third-order valence-corrected chi connectivity index (χ3v) is 9.62. The molecule has 98 valence electrons. The average molecular weight is 332 g/mol. The van der Waals surface area contributed by atoms with Crippen LogP contribution in [0.4, 0.5) is 0 Å². The summed E-state index contributed by atoms with van der Waals surface area (Å²) in [5.74, 6) is 0. The van der Waals surface area contributed by atoms with Crippen molar-refractivity contribution in [3.8, 4) is 0 Å². The van der Waals surface area contributed by atoms with Crippen LogP contribution in [-0.2, 0) is 0 Å². The van der Waals surface area contributed by atoms with E-state index in [2.05, 4.69) is 36.4 Å². The fourth-order valence-electron chi connectivity index (χ4n) is 3.08. The van der Waals surface area contributed by atoms with Gasteiger partial charge in [-0.15, -0.1) is 23.5 Å². The van der Waals surface area contributed by atoms with E-state index in [1.807, 2.05) is 23.5 Å². The Morgan fingerprint density at radius 1 is 0.800 bits per heavy atom. The van der Waals surface area contributed by atoms with Gasteiger partial charge in [0.15, 0.2) is 0 Å². The van der Waals surface area contributed by atoms with Crippen LogP contribution in [0, 0.1) is 0 Å². The monoisotopic (exact) mass is 332 g/mol. The molecule has 20 heavy (non-hydrogen) atoms. The van der Waals surface area contributed by atoms with Gasteiger partial charge in [-0.3, -0.25) is 4.79 Å². The van der Waals surface area contributed by atoms with Crippen molar-refractivity contribution in [2.24, 2.45) is 0 Å². The second kappa shape index (κ2) is 4.13. The van der Waals surface area contributed by atoms with Gasteiger partial charge in [-0.2, -0.15) is 0 Å². The van der Waals surface area contributed by atoms with Crippen LogP contribution < -0.4 is 4.06 Å². The van der Waals surface area contributed by atoms with Gasteiger partial charge in [-0.05, 0) is 21.9 Å². The summed E-state index contributed by atoms with van der Waals surface area (Å²) in [6.07, 6.45) is 0. The van der Waals surface area contributed by atoms with E-state index in [1.165, 1.54) is 53.0 Å². The molecule has 0 saturated carbocycles. The van der Waals surface area contributed by atoms with Crippen LogP contribution in [0.1, 0.15) is 21.6 Å². The lowest BCUT2D eigenvalue weighted by Gasteiger charge is -2.24. The highest BCUT2D eigenvalue weighted by atomic mass is 32.2. The number of rotatable bonds is 0. The summed E-state index contributed by atoms with van der Waals surface area (Å²) in [4.78, 5) is 11.6. The molecule has 2 aromatic carbocycles. The van der Waals surface area contributed by atoms with Gasteiger partial charge in [0.25, 0.3) is 4.06 Å². The lowest BCUT2D eigenvalue weighted by molar-refractivity contribution is 0.951. The van der Waals surface area contributed by atoms with Gasteiger partial charge in [0.1, 0.15) is 0 Å². The molecule has 0 radical (unpaired) electrons. The molecule has 2 heterocycles. The van der Waals surface area contributed by atoms with Gasteiger partial charge >= 0.3 is 0 Å². The van der Waals surface area contributed by atoms with Crippen LogP contribution in [-0.4, -0.2) is 0 Å². The molecule has 0 N–H and O–H groups in total. The fraction of sp³-hybridized carbons (Fsp3) is 0.133. The quantitative estimate of drug-likeness (QED) is 0.555. The Bertz CT molecular complexity index is 840. The van der Waals surface area contributed by atoms with E-state index in [0.717, 1.165) is 0 Å². The summed E-state index contributed by atoms with van der Waals surface area (Å²) in [6, 6.07) is 13.2. The largest absolute Gasteiger partial charge is 0.289 e. The molecule has 0 unspecified atom stereocenters. The molecule has 5 rings (SSSR count). The first kappa shape index (κ1) is 11.9. The third-order valence-electron chi connectivity index (χ3n) is 3.84. The van der Waals surface area contributed by atoms with Crippen molar-refractivity contribution >= 4 is 57.0 Å². The highest BCUT2D eigenvalue weighted by Gasteiger charge is 2.40. The summed E-state index contributed by atoms with van der Waals surface area (Å²) in [6.45, 7) is 0. The van der Waals surface area contributed by atoms with E-state index < -0.39 is 0 Å². The van der Waals surface area contributed by atoms with Crippen molar-refractivity contribution in [1.29, 1.82) is 0 Å². The fourth-order valence-corrected chi connectivity index (χ4v) is 9.25. The number of fused-ring (bicyclic) bond motifs is 4. The highest BCUT2D eigenvalue weighted by Crippen LogP contribution is 2.65. The van der Waals surface area contributed by atoms with Crippen molar-refractivity contribution in [2.45, 2.75) is 18.9 Å². The van der Waals surface area contributed by atoms with Crippen LogP contribution >= 0.6 is 46.2 Å². The molecule has 1 aliphatic carbocycles. The summed E-state index contributed by atoms with van der Waals surface area (Å²) < 4.78 is 2.66. The summed E-state index contributed by atoms with van der Waals surface area (Å²) in [5.41, 5.74) is 2.88. The van der Waals surface area contributed by atoms with Crippen molar-refractivity contribution in [3.63, 3.8) is 0 Å². The van der Waals surface area contributed by atoms with E-state index >= 15 is 0 Å². The molecule has 1 aromatic heterocycles. The van der Waals surface area contributed by atoms with Gasteiger partial charge in [-0.25, -0.2) is 0 Å². The molecule has 1 aliphatic heterocycles. The minimum Gasteiger partial charge on any atom is -0.265 e. The number of hydrogen-bond donors (Lipinski definition) is 0. The Morgan fingerprint density at radius 2 is 1.35 bits per heavy atom. The van der Waals surface area contributed by atoms with Crippen LogP contribution in [0.5, 0.6) is 0 Å². The van der Waals surface area contributed by atoms with Crippen LogP contribution in [0.2, 0.25) is 0 Å². The van der Waals surface area contributed by atoms with Gasteiger partial charge in [0.2, 0.25) is 0 Å². The topological polar surface area (TPSA) is 17.1 Å². The lowest BCUT2D eigenvalue weighted by Crippen LogP contribution is -2.01.